The van der Waals surface area contributed by atoms with Gasteiger partial charge in [-0.2, -0.15) is 0 Å². The van der Waals surface area contributed by atoms with Crippen molar-refractivity contribution in [2.45, 2.75) is 147 Å². The summed E-state index contributed by atoms with van der Waals surface area (Å²) in [6, 6.07) is 28.0. The summed E-state index contributed by atoms with van der Waals surface area (Å²) < 4.78 is 43.7. The second-order valence-corrected chi connectivity index (χ2v) is 24.5. The van der Waals surface area contributed by atoms with Gasteiger partial charge in [-0.15, -0.1) is 19.3 Å². The van der Waals surface area contributed by atoms with Crippen molar-refractivity contribution in [3.63, 3.8) is 0 Å². The third-order valence-corrected chi connectivity index (χ3v) is 12.6. The van der Waals surface area contributed by atoms with Gasteiger partial charge in [0.2, 0.25) is 0 Å². The summed E-state index contributed by atoms with van der Waals surface area (Å²) in [5, 5.41) is 0. The predicted molar refractivity (Wildman–Crippen MR) is 349 cm³/mol. The van der Waals surface area contributed by atoms with E-state index in [4.69, 9.17) is 57.2 Å². The fourth-order valence-corrected chi connectivity index (χ4v) is 8.48. The van der Waals surface area contributed by atoms with Crippen LogP contribution in [0.2, 0.25) is 0 Å². The topological polar surface area (TPSA) is 142 Å². The van der Waals surface area contributed by atoms with Crippen molar-refractivity contribution in [3.8, 4) is 95.6 Å². The van der Waals surface area contributed by atoms with E-state index in [1.807, 2.05) is 59.7 Å². The van der Waals surface area contributed by atoms with E-state index in [1.165, 1.54) is 0 Å². The standard InChI is InChI=1S/C48H48O9.C15H12.C11H13IO3/c1-31-37(28-25-34-19-13-16-22-40(34)52-43(49)55-46(4,5)6)32(2)39(30-27-36-21-15-18-24-42(36)54-45(51)57-48(10,11)12)33(3)38(31)29-26-35-20-14-17-23-41(35)53-44(50)56-47(7,8)9;1-7-13-10(4)14(8-2)12(6)15(9-3)11(13)5;1-11(2,3)15-10(13)14-9-7-5-4-6-8(9)12/h13-24H,1-12H3;1-3H,4-6H3;4-7H,1-3H3. The lowest BCUT2D eigenvalue weighted by Gasteiger charge is -2.19. The zero-order chi connectivity index (χ0) is 65.2. The molecule has 0 atom stereocenters. The van der Waals surface area contributed by atoms with Crippen LogP contribution < -0.4 is 18.9 Å². The summed E-state index contributed by atoms with van der Waals surface area (Å²) in [5.74, 6) is 28.6. The Morgan fingerprint density at radius 3 is 0.759 bits per heavy atom. The zero-order valence-corrected chi connectivity index (χ0v) is 54.9. The van der Waals surface area contributed by atoms with Crippen LogP contribution >= 0.6 is 22.6 Å². The highest BCUT2D eigenvalue weighted by molar-refractivity contribution is 14.1. The molecule has 0 aliphatic rings. The first-order valence-electron chi connectivity index (χ1n) is 27.4. The van der Waals surface area contributed by atoms with Gasteiger partial charge >= 0.3 is 24.6 Å². The Morgan fingerprint density at radius 2 is 0.529 bits per heavy atom. The highest BCUT2D eigenvalue weighted by Crippen LogP contribution is 2.30. The molecule has 0 fully saturated rings. The lowest BCUT2D eigenvalue weighted by molar-refractivity contribution is 0.0191. The van der Waals surface area contributed by atoms with Gasteiger partial charge in [-0.25, -0.2) is 19.2 Å². The van der Waals surface area contributed by atoms with E-state index in [1.54, 1.807) is 162 Å². The Hall–Kier alpha value is -9.51. The smallest absolute Gasteiger partial charge is 0.428 e. The van der Waals surface area contributed by atoms with E-state index in [-0.39, 0.29) is 17.2 Å². The van der Waals surface area contributed by atoms with Crippen molar-refractivity contribution < 1.29 is 57.1 Å². The molecule has 6 aromatic rings. The molecule has 0 spiro atoms. The van der Waals surface area contributed by atoms with E-state index in [0.29, 0.717) is 39.1 Å². The van der Waals surface area contributed by atoms with Gasteiger partial charge in [0.1, 0.15) is 45.4 Å². The van der Waals surface area contributed by atoms with Crippen LogP contribution in [0.25, 0.3) is 0 Å². The number of terminal acetylenes is 3. The van der Waals surface area contributed by atoms with Crippen molar-refractivity contribution in [2.75, 3.05) is 0 Å². The molecule has 12 nitrogen and oxygen atoms in total. The van der Waals surface area contributed by atoms with E-state index >= 15 is 0 Å². The average molecular weight is 1280 g/mol. The van der Waals surface area contributed by atoms with Crippen LogP contribution in [0.4, 0.5) is 19.2 Å². The minimum absolute atomic E-state index is 0.241. The van der Waals surface area contributed by atoms with Crippen LogP contribution in [0.5, 0.6) is 23.0 Å². The molecule has 13 heteroatoms. The van der Waals surface area contributed by atoms with Crippen LogP contribution in [-0.2, 0) is 18.9 Å². The number of hydrogen-bond donors (Lipinski definition) is 0. The number of ether oxygens (including phenoxy) is 8. The van der Waals surface area contributed by atoms with Gasteiger partial charge < -0.3 is 37.9 Å². The molecular weight excluding hydrogens is 1210 g/mol. The number of rotatable bonds is 4. The molecule has 0 unspecified atom stereocenters. The molecule has 87 heavy (non-hydrogen) atoms. The van der Waals surface area contributed by atoms with Crippen molar-refractivity contribution in [1.29, 1.82) is 0 Å². The van der Waals surface area contributed by atoms with Gasteiger partial charge in [0.25, 0.3) is 0 Å². The highest BCUT2D eigenvalue weighted by Gasteiger charge is 2.23. The molecule has 0 aliphatic carbocycles. The van der Waals surface area contributed by atoms with Gasteiger partial charge in [0.05, 0.1) is 20.3 Å². The third-order valence-electron chi connectivity index (χ3n) is 11.7. The molecule has 6 rings (SSSR count). The Morgan fingerprint density at radius 1 is 0.322 bits per heavy atom. The van der Waals surface area contributed by atoms with Crippen LogP contribution in [0.3, 0.4) is 0 Å². The normalized spacial score (nSPS) is 10.6. The third kappa shape index (κ3) is 21.8. The Labute approximate surface area is 527 Å². The largest absolute Gasteiger partial charge is 0.514 e. The van der Waals surface area contributed by atoms with Crippen molar-refractivity contribution in [3.05, 3.63) is 184 Å². The number of halogens is 1. The summed E-state index contributed by atoms with van der Waals surface area (Å²) >= 11 is 2.10. The number of carbonyl (C=O) groups is 4. The van der Waals surface area contributed by atoms with Gasteiger partial charge in [0, 0.05) is 33.4 Å². The van der Waals surface area contributed by atoms with E-state index in [0.717, 1.165) is 53.6 Å². The molecule has 0 aromatic heterocycles. The molecule has 0 bridgehead atoms. The Kier molecular flexibility index (Phi) is 24.6. The maximum absolute atomic E-state index is 12.6. The second-order valence-electron chi connectivity index (χ2n) is 23.4. The Balaban J connectivity index is 0.000000435. The number of carbonyl (C=O) groups excluding carboxylic acids is 4. The first-order chi connectivity index (χ1) is 40.6. The molecule has 0 N–H and O–H groups in total. The highest BCUT2D eigenvalue weighted by atomic mass is 127. The number of hydrogen-bond acceptors (Lipinski definition) is 12. The molecule has 0 amide bonds. The molecule has 0 radical (unpaired) electrons. The number of para-hydroxylation sites is 4. The van der Waals surface area contributed by atoms with Crippen LogP contribution in [0.15, 0.2) is 97.1 Å². The van der Waals surface area contributed by atoms with Crippen molar-refractivity contribution in [2.24, 2.45) is 0 Å². The summed E-state index contributed by atoms with van der Waals surface area (Å²) in [5.41, 5.74) is 8.28. The quantitative estimate of drug-likeness (QED) is 0.0545. The molecule has 6 aromatic carbocycles. The molecule has 0 aliphatic heterocycles. The van der Waals surface area contributed by atoms with E-state index < -0.39 is 47.0 Å². The van der Waals surface area contributed by atoms with Crippen molar-refractivity contribution >= 4 is 47.2 Å². The van der Waals surface area contributed by atoms with E-state index in [9.17, 15) is 19.2 Å². The molecular formula is C74H73IO12. The lowest BCUT2D eigenvalue weighted by Crippen LogP contribution is -2.26. The molecule has 0 saturated heterocycles. The summed E-state index contributed by atoms with van der Waals surface area (Å²) in [7, 11) is 0. The van der Waals surface area contributed by atoms with Crippen LogP contribution in [-0.4, -0.2) is 47.0 Å². The Bertz CT molecular complexity index is 3520. The summed E-state index contributed by atoms with van der Waals surface area (Å²) in [6.07, 6.45) is 13.2. The number of benzene rings is 6. The fourth-order valence-electron chi connectivity index (χ4n) is 7.99. The first kappa shape index (κ1) is 70.0. The lowest BCUT2D eigenvalue weighted by atomic mass is 9.88. The minimum Gasteiger partial charge on any atom is -0.428 e. The molecule has 0 saturated carbocycles. The molecule has 0 heterocycles. The van der Waals surface area contributed by atoms with Crippen LogP contribution in [0.1, 0.15) is 167 Å². The second kappa shape index (κ2) is 30.5. The van der Waals surface area contributed by atoms with E-state index in [2.05, 4.69) is 75.9 Å². The van der Waals surface area contributed by atoms with Gasteiger partial charge in [-0.05, 0) is 229 Å². The van der Waals surface area contributed by atoms with Gasteiger partial charge in [-0.3, -0.25) is 0 Å². The maximum atomic E-state index is 12.6. The predicted octanol–water partition coefficient (Wildman–Crippen LogP) is 16.9. The summed E-state index contributed by atoms with van der Waals surface area (Å²) in [6.45, 7) is 32.7. The van der Waals surface area contributed by atoms with Gasteiger partial charge in [-0.1, -0.05) is 102 Å². The SMILES string of the molecule is C#Cc1c(C)c(C#C)c(C)c(C#C)c1C.CC(C)(C)OC(=O)Oc1ccccc1I.Cc1c(C#Cc2ccccc2OC(=O)OC(C)(C)C)c(C)c(C#Cc2ccccc2OC(=O)OC(C)(C)C)c(C)c1C#Cc1ccccc1OC(=O)OC(C)(C)C. The fraction of sp³-hybridized carbons (Fsp3) is 0.297. The van der Waals surface area contributed by atoms with Crippen LogP contribution in [0, 0.1) is 118 Å². The zero-order valence-electron chi connectivity index (χ0n) is 52.7. The van der Waals surface area contributed by atoms with Gasteiger partial charge in [0.15, 0.2) is 0 Å². The van der Waals surface area contributed by atoms with Crippen molar-refractivity contribution in [1.82, 2.24) is 0 Å². The minimum atomic E-state index is -0.846. The molecule has 448 valence electrons. The first-order valence-corrected chi connectivity index (χ1v) is 28.5. The monoisotopic (exact) mass is 1280 g/mol. The average Bonchev–Trinajstić information content (AvgIpc) is 1.05. The maximum Gasteiger partial charge on any atom is 0.514 e. The summed E-state index contributed by atoms with van der Waals surface area (Å²) in [4.78, 5) is 49.0.